The lowest BCUT2D eigenvalue weighted by molar-refractivity contribution is 0.0342. The first kappa shape index (κ1) is 9.24. The predicted octanol–water partition coefficient (Wildman–Crippen LogP) is 2.23. The van der Waals surface area contributed by atoms with Crippen LogP contribution in [0.15, 0.2) is 0 Å². The first-order chi connectivity index (χ1) is 5.16. The Morgan fingerprint density at radius 3 is 2.45 bits per heavy atom. The van der Waals surface area contributed by atoms with E-state index >= 15 is 0 Å². The molecule has 11 heavy (non-hydrogen) atoms. The highest BCUT2D eigenvalue weighted by molar-refractivity contribution is 7.33. The molecule has 0 amide bonds. The third-order valence-electron chi connectivity index (χ3n) is 1.93. The van der Waals surface area contributed by atoms with Gasteiger partial charge in [-0.15, -0.1) is 0 Å². The van der Waals surface area contributed by atoms with Crippen LogP contribution in [0.4, 0.5) is 0 Å². The lowest BCUT2D eigenvalue weighted by Gasteiger charge is -2.32. The highest BCUT2D eigenvalue weighted by atomic mass is 31.1. The van der Waals surface area contributed by atoms with Crippen LogP contribution in [0.5, 0.6) is 0 Å². The monoisotopic (exact) mass is 178 g/mol. The van der Waals surface area contributed by atoms with Crippen molar-refractivity contribution in [3.05, 3.63) is 0 Å². The Bertz CT molecular complexity index is 148. The molecule has 1 aliphatic rings. The smallest absolute Gasteiger partial charge is 0.310 e. The molecule has 0 aromatic heterocycles. The molecule has 1 fully saturated rings. The Balaban J connectivity index is 2.41. The topological polar surface area (TPSA) is 35.5 Å². The van der Waals surface area contributed by atoms with Crippen LogP contribution in [0.25, 0.3) is 0 Å². The average molecular weight is 178 g/mol. The molecule has 0 unspecified atom stereocenters. The maximum atomic E-state index is 10.7. The molecule has 0 saturated carbocycles. The zero-order valence-corrected chi connectivity index (χ0v) is 8.05. The minimum absolute atomic E-state index is 0.0906. The molecule has 0 spiro atoms. The van der Waals surface area contributed by atoms with Crippen LogP contribution in [0, 0.1) is 5.41 Å². The van der Waals surface area contributed by atoms with Crippen molar-refractivity contribution in [2.75, 3.05) is 13.2 Å². The van der Waals surface area contributed by atoms with E-state index in [0.717, 1.165) is 12.8 Å². The van der Waals surface area contributed by atoms with Gasteiger partial charge in [0.15, 0.2) is 0 Å². The van der Waals surface area contributed by atoms with Gasteiger partial charge >= 0.3 is 8.25 Å². The molecule has 1 saturated heterocycles. The summed E-state index contributed by atoms with van der Waals surface area (Å²) in [4.78, 5) is 0. The largest absolute Gasteiger partial charge is 0.319 e. The van der Waals surface area contributed by atoms with Gasteiger partial charge in [-0.05, 0) is 6.42 Å². The Kier molecular flexibility index (Phi) is 3.11. The second-order valence-corrected chi connectivity index (χ2v) is 4.47. The summed E-state index contributed by atoms with van der Waals surface area (Å²) in [5, 5.41) is 0. The molecule has 1 heterocycles. The quantitative estimate of drug-likeness (QED) is 0.608. The molecule has 0 atom stereocenters. The van der Waals surface area contributed by atoms with Gasteiger partial charge in [0.2, 0.25) is 0 Å². The van der Waals surface area contributed by atoms with E-state index in [0.29, 0.717) is 13.2 Å². The van der Waals surface area contributed by atoms with Gasteiger partial charge in [0.05, 0.1) is 13.2 Å². The van der Waals surface area contributed by atoms with Crippen LogP contribution in [0.1, 0.15) is 26.7 Å². The SMILES string of the molecule is CCCC1(C)CO[PH](=O)OC1. The van der Waals surface area contributed by atoms with E-state index in [2.05, 4.69) is 13.8 Å². The van der Waals surface area contributed by atoms with Crippen molar-refractivity contribution < 1.29 is 13.6 Å². The van der Waals surface area contributed by atoms with Gasteiger partial charge in [-0.25, -0.2) is 0 Å². The fourth-order valence-electron chi connectivity index (χ4n) is 1.30. The van der Waals surface area contributed by atoms with Crippen molar-refractivity contribution in [3.63, 3.8) is 0 Å². The Morgan fingerprint density at radius 1 is 1.45 bits per heavy atom. The first-order valence-electron chi connectivity index (χ1n) is 3.96. The van der Waals surface area contributed by atoms with Crippen LogP contribution >= 0.6 is 8.25 Å². The Morgan fingerprint density at radius 2 is 2.00 bits per heavy atom. The predicted molar refractivity (Wildman–Crippen MR) is 43.9 cm³/mol. The summed E-state index contributed by atoms with van der Waals surface area (Å²) in [7, 11) is -2.13. The van der Waals surface area contributed by atoms with E-state index in [1.54, 1.807) is 0 Å². The van der Waals surface area contributed by atoms with E-state index < -0.39 is 8.25 Å². The van der Waals surface area contributed by atoms with Crippen LogP contribution in [-0.4, -0.2) is 13.2 Å². The van der Waals surface area contributed by atoms with Gasteiger partial charge in [0, 0.05) is 5.41 Å². The van der Waals surface area contributed by atoms with Crippen LogP contribution in [0.3, 0.4) is 0 Å². The maximum absolute atomic E-state index is 10.7. The molecular formula is C7H15O3P. The van der Waals surface area contributed by atoms with E-state index in [1.807, 2.05) is 0 Å². The summed E-state index contributed by atoms with van der Waals surface area (Å²) in [6, 6.07) is 0. The van der Waals surface area contributed by atoms with E-state index in [-0.39, 0.29) is 5.41 Å². The standard InChI is InChI=1S/C7H15O3P/c1-3-4-7(2)5-9-11(8)10-6-7/h11H,3-6H2,1-2H3. The van der Waals surface area contributed by atoms with Gasteiger partial charge in [0.1, 0.15) is 0 Å². The lowest BCUT2D eigenvalue weighted by atomic mass is 9.88. The Hall–Kier alpha value is 0.150. The summed E-state index contributed by atoms with van der Waals surface area (Å²) >= 11 is 0. The van der Waals surface area contributed by atoms with Crippen molar-refractivity contribution >= 4 is 8.25 Å². The van der Waals surface area contributed by atoms with Crippen LogP contribution < -0.4 is 0 Å². The van der Waals surface area contributed by atoms with Crippen molar-refractivity contribution in [3.8, 4) is 0 Å². The lowest BCUT2D eigenvalue weighted by Crippen LogP contribution is -2.30. The second-order valence-electron chi connectivity index (χ2n) is 3.39. The van der Waals surface area contributed by atoms with Crippen molar-refractivity contribution in [2.45, 2.75) is 26.7 Å². The fourth-order valence-corrected chi connectivity index (χ4v) is 2.31. The number of rotatable bonds is 2. The van der Waals surface area contributed by atoms with Crippen molar-refractivity contribution in [1.82, 2.24) is 0 Å². The van der Waals surface area contributed by atoms with Gasteiger partial charge in [-0.3, -0.25) is 4.57 Å². The molecule has 0 radical (unpaired) electrons. The number of hydrogen-bond acceptors (Lipinski definition) is 3. The van der Waals surface area contributed by atoms with Crippen LogP contribution in [-0.2, 0) is 13.6 Å². The molecule has 0 aromatic rings. The van der Waals surface area contributed by atoms with Crippen molar-refractivity contribution in [2.24, 2.45) is 5.41 Å². The molecular weight excluding hydrogens is 163 g/mol. The van der Waals surface area contributed by atoms with Crippen molar-refractivity contribution in [1.29, 1.82) is 0 Å². The molecule has 4 heteroatoms. The third-order valence-corrected chi connectivity index (χ3v) is 2.69. The molecule has 66 valence electrons. The van der Waals surface area contributed by atoms with Gasteiger partial charge < -0.3 is 9.05 Å². The zero-order valence-electron chi connectivity index (χ0n) is 7.05. The highest BCUT2D eigenvalue weighted by Gasteiger charge is 2.29. The zero-order chi connectivity index (χ0) is 8.32. The number of hydrogen-bond donors (Lipinski definition) is 0. The summed E-state index contributed by atoms with van der Waals surface area (Å²) in [6.45, 7) is 5.39. The summed E-state index contributed by atoms with van der Waals surface area (Å²) < 4.78 is 20.6. The molecule has 1 rings (SSSR count). The van der Waals surface area contributed by atoms with Gasteiger partial charge in [0.25, 0.3) is 0 Å². The highest BCUT2D eigenvalue weighted by Crippen LogP contribution is 2.38. The van der Waals surface area contributed by atoms with Crippen LogP contribution in [0.2, 0.25) is 0 Å². The first-order valence-corrected chi connectivity index (χ1v) is 5.18. The second kappa shape index (κ2) is 3.70. The normalized spacial score (nSPS) is 38.9. The summed E-state index contributed by atoms with van der Waals surface area (Å²) in [6.07, 6.45) is 2.19. The minimum Gasteiger partial charge on any atom is -0.310 e. The summed E-state index contributed by atoms with van der Waals surface area (Å²) in [5.41, 5.74) is 0.0906. The molecule has 1 aliphatic heterocycles. The third kappa shape index (κ3) is 2.58. The molecule has 3 nitrogen and oxygen atoms in total. The van der Waals surface area contributed by atoms with Gasteiger partial charge in [-0.1, -0.05) is 20.3 Å². The van der Waals surface area contributed by atoms with E-state index in [1.165, 1.54) is 0 Å². The average Bonchev–Trinajstić information content (AvgIpc) is 1.97. The fraction of sp³-hybridized carbons (Fsp3) is 1.00. The van der Waals surface area contributed by atoms with Gasteiger partial charge in [-0.2, -0.15) is 0 Å². The maximum Gasteiger partial charge on any atom is 0.319 e. The van der Waals surface area contributed by atoms with E-state index in [4.69, 9.17) is 9.05 Å². The summed E-state index contributed by atoms with van der Waals surface area (Å²) in [5.74, 6) is 0. The Labute approximate surface area is 68.0 Å². The molecule has 0 bridgehead atoms. The molecule has 0 aromatic carbocycles. The molecule has 0 aliphatic carbocycles. The van der Waals surface area contributed by atoms with E-state index in [9.17, 15) is 4.57 Å². The minimum atomic E-state index is -2.13. The molecule has 0 N–H and O–H groups in total.